The van der Waals surface area contributed by atoms with Gasteiger partial charge < -0.3 is 15.2 Å². The normalized spacial score (nSPS) is 15.2. The van der Waals surface area contributed by atoms with Crippen molar-refractivity contribution in [2.75, 3.05) is 18.9 Å². The molecule has 1 atom stereocenters. The minimum Gasteiger partial charge on any atom is -0.488 e. The second-order valence-corrected chi connectivity index (χ2v) is 7.89. The lowest BCUT2D eigenvalue weighted by Crippen LogP contribution is -2.15. The number of nitriles is 2. The summed E-state index contributed by atoms with van der Waals surface area (Å²) in [4.78, 5) is 8.45. The predicted octanol–water partition coefficient (Wildman–Crippen LogP) is 3.93. The third-order valence-electron chi connectivity index (χ3n) is 4.85. The fourth-order valence-electron chi connectivity index (χ4n) is 3.32. The minimum atomic E-state index is 0.0437. The van der Waals surface area contributed by atoms with Crippen LogP contribution in [0.25, 0.3) is 11.1 Å². The van der Waals surface area contributed by atoms with E-state index in [4.69, 9.17) is 15.2 Å². The lowest BCUT2D eigenvalue weighted by atomic mass is 9.97. The van der Waals surface area contributed by atoms with E-state index in [0.29, 0.717) is 46.4 Å². The van der Waals surface area contributed by atoms with Crippen molar-refractivity contribution in [3.63, 3.8) is 0 Å². The number of ether oxygens (including phenoxy) is 2. The summed E-state index contributed by atoms with van der Waals surface area (Å²) in [5, 5.41) is 20.1. The molecule has 2 N–H and O–H groups in total. The van der Waals surface area contributed by atoms with Crippen molar-refractivity contribution in [2.45, 2.75) is 23.3 Å². The summed E-state index contributed by atoms with van der Waals surface area (Å²) in [6.45, 7) is 1.28. The Balaban J connectivity index is 1.67. The lowest BCUT2D eigenvalue weighted by Gasteiger charge is -2.15. The molecule has 1 aromatic carbocycles. The first kappa shape index (κ1) is 20.7. The van der Waals surface area contributed by atoms with Crippen LogP contribution in [0.2, 0.25) is 0 Å². The Morgan fingerprint density at radius 2 is 1.97 bits per heavy atom. The van der Waals surface area contributed by atoms with Crippen LogP contribution in [0.5, 0.6) is 5.75 Å². The Morgan fingerprint density at radius 3 is 2.61 bits per heavy atom. The minimum absolute atomic E-state index is 0.0437. The van der Waals surface area contributed by atoms with Gasteiger partial charge in [0.15, 0.2) is 0 Å². The van der Waals surface area contributed by atoms with E-state index in [1.165, 1.54) is 11.8 Å². The van der Waals surface area contributed by atoms with Gasteiger partial charge in [-0.2, -0.15) is 10.5 Å². The third-order valence-corrected chi connectivity index (χ3v) is 5.89. The summed E-state index contributed by atoms with van der Waals surface area (Å²) >= 11 is 1.39. The molecule has 8 heteroatoms. The molecule has 0 spiro atoms. The molecule has 3 heterocycles. The number of thioether (sulfide) groups is 1. The first-order valence-electron chi connectivity index (χ1n) is 9.69. The standard InChI is InChI=1S/C23H19N5O2S/c24-10-19-21(16-3-5-17(6-4-16)30-18-7-9-29-13-18)20(11-25)23(28-22(19)26)31-14-15-2-1-8-27-12-15/h1-6,8,12,18H,7,9,13-14H2,(H2,26,28)/t18-/m0/s1. The van der Waals surface area contributed by atoms with Gasteiger partial charge in [-0.1, -0.05) is 18.2 Å². The van der Waals surface area contributed by atoms with E-state index in [9.17, 15) is 10.5 Å². The van der Waals surface area contributed by atoms with Crippen molar-refractivity contribution in [2.24, 2.45) is 0 Å². The van der Waals surface area contributed by atoms with Crippen molar-refractivity contribution in [3.05, 3.63) is 65.5 Å². The van der Waals surface area contributed by atoms with Gasteiger partial charge >= 0.3 is 0 Å². The molecule has 31 heavy (non-hydrogen) atoms. The zero-order valence-electron chi connectivity index (χ0n) is 16.6. The molecule has 3 aromatic rings. The summed E-state index contributed by atoms with van der Waals surface area (Å²) in [5.41, 5.74) is 8.82. The first-order valence-corrected chi connectivity index (χ1v) is 10.7. The number of nitrogens with zero attached hydrogens (tertiary/aromatic N) is 4. The molecule has 0 aliphatic carbocycles. The van der Waals surface area contributed by atoms with Gasteiger partial charge in [0.1, 0.15) is 40.4 Å². The molecule has 1 fully saturated rings. The number of hydrogen-bond donors (Lipinski definition) is 1. The van der Waals surface area contributed by atoms with Crippen molar-refractivity contribution < 1.29 is 9.47 Å². The molecule has 2 aromatic heterocycles. The van der Waals surface area contributed by atoms with Crippen LogP contribution in [-0.4, -0.2) is 29.3 Å². The van der Waals surface area contributed by atoms with E-state index in [-0.39, 0.29) is 17.5 Å². The van der Waals surface area contributed by atoms with Gasteiger partial charge in [-0.3, -0.25) is 4.98 Å². The van der Waals surface area contributed by atoms with Crippen molar-refractivity contribution in [1.82, 2.24) is 9.97 Å². The molecule has 0 radical (unpaired) electrons. The summed E-state index contributed by atoms with van der Waals surface area (Å²) < 4.78 is 11.3. The Labute approximate surface area is 184 Å². The van der Waals surface area contributed by atoms with Gasteiger partial charge in [-0.05, 0) is 29.3 Å². The second kappa shape index (κ2) is 9.48. The van der Waals surface area contributed by atoms with Crippen molar-refractivity contribution >= 4 is 17.6 Å². The van der Waals surface area contributed by atoms with Gasteiger partial charge in [0, 0.05) is 30.1 Å². The molecule has 7 nitrogen and oxygen atoms in total. The summed E-state index contributed by atoms with van der Waals surface area (Å²) in [6, 6.07) is 15.5. The molecular weight excluding hydrogens is 410 g/mol. The fraction of sp³-hybridized carbons (Fsp3) is 0.217. The maximum absolute atomic E-state index is 9.91. The summed E-state index contributed by atoms with van der Waals surface area (Å²) in [6.07, 6.45) is 4.37. The highest BCUT2D eigenvalue weighted by Gasteiger charge is 2.21. The summed E-state index contributed by atoms with van der Waals surface area (Å²) in [7, 11) is 0. The molecule has 154 valence electrons. The first-order chi connectivity index (χ1) is 15.2. The maximum atomic E-state index is 9.91. The number of nitrogen functional groups attached to an aromatic ring is 1. The van der Waals surface area contributed by atoms with Gasteiger partial charge in [0.05, 0.1) is 18.8 Å². The highest BCUT2D eigenvalue weighted by Crippen LogP contribution is 2.37. The van der Waals surface area contributed by atoms with Gasteiger partial charge in [0.25, 0.3) is 0 Å². The van der Waals surface area contributed by atoms with Crippen molar-refractivity contribution in [1.29, 1.82) is 10.5 Å². The van der Waals surface area contributed by atoms with Gasteiger partial charge in [0.2, 0.25) is 0 Å². The van der Waals surface area contributed by atoms with Crippen LogP contribution >= 0.6 is 11.8 Å². The Hall–Kier alpha value is -3.59. The van der Waals surface area contributed by atoms with Crippen LogP contribution in [0.3, 0.4) is 0 Å². The van der Waals surface area contributed by atoms with Crippen LogP contribution in [0, 0.1) is 22.7 Å². The zero-order valence-corrected chi connectivity index (χ0v) is 17.4. The number of aromatic nitrogens is 2. The van der Waals surface area contributed by atoms with E-state index in [0.717, 1.165) is 12.0 Å². The number of rotatable bonds is 6. The van der Waals surface area contributed by atoms with Crippen LogP contribution in [0.15, 0.2) is 53.8 Å². The molecule has 0 saturated carbocycles. The quantitative estimate of drug-likeness (QED) is 0.586. The highest BCUT2D eigenvalue weighted by atomic mass is 32.2. The smallest absolute Gasteiger partial charge is 0.143 e. The number of anilines is 1. The monoisotopic (exact) mass is 429 g/mol. The maximum Gasteiger partial charge on any atom is 0.143 e. The SMILES string of the molecule is N#Cc1c(N)nc(SCc2cccnc2)c(C#N)c1-c1ccc(O[C@H]2CCOC2)cc1. The highest BCUT2D eigenvalue weighted by molar-refractivity contribution is 7.98. The summed E-state index contributed by atoms with van der Waals surface area (Å²) in [5.74, 6) is 1.40. The molecule has 0 bridgehead atoms. The fourth-order valence-corrected chi connectivity index (χ4v) is 4.25. The largest absolute Gasteiger partial charge is 0.488 e. The van der Waals surface area contributed by atoms with Crippen LogP contribution in [0.1, 0.15) is 23.1 Å². The average molecular weight is 430 g/mol. The van der Waals surface area contributed by atoms with E-state index < -0.39 is 0 Å². The second-order valence-electron chi connectivity index (χ2n) is 6.93. The molecule has 0 unspecified atom stereocenters. The van der Waals surface area contributed by atoms with Gasteiger partial charge in [-0.25, -0.2) is 4.98 Å². The predicted molar refractivity (Wildman–Crippen MR) is 117 cm³/mol. The number of benzene rings is 1. The Morgan fingerprint density at radius 1 is 1.16 bits per heavy atom. The number of pyridine rings is 2. The molecule has 4 rings (SSSR count). The van der Waals surface area contributed by atoms with Crippen LogP contribution in [0.4, 0.5) is 5.82 Å². The van der Waals surface area contributed by atoms with E-state index >= 15 is 0 Å². The number of hydrogen-bond acceptors (Lipinski definition) is 8. The molecule has 0 amide bonds. The third kappa shape index (κ3) is 4.61. The Kier molecular flexibility index (Phi) is 6.32. The van der Waals surface area contributed by atoms with Gasteiger partial charge in [-0.15, -0.1) is 11.8 Å². The average Bonchev–Trinajstić information content (AvgIpc) is 3.31. The zero-order chi connectivity index (χ0) is 21.6. The lowest BCUT2D eigenvalue weighted by molar-refractivity contribution is 0.141. The number of nitrogens with two attached hydrogens (primary N) is 1. The topological polar surface area (TPSA) is 118 Å². The van der Waals surface area contributed by atoms with E-state index in [2.05, 4.69) is 22.1 Å². The van der Waals surface area contributed by atoms with Crippen LogP contribution < -0.4 is 10.5 Å². The molecular formula is C23H19N5O2S. The van der Waals surface area contributed by atoms with E-state index in [1.54, 1.807) is 12.4 Å². The molecule has 1 aliphatic heterocycles. The molecule has 1 saturated heterocycles. The Bertz CT molecular complexity index is 1150. The van der Waals surface area contributed by atoms with Crippen LogP contribution in [-0.2, 0) is 10.5 Å². The van der Waals surface area contributed by atoms with E-state index in [1.807, 2.05) is 36.4 Å². The van der Waals surface area contributed by atoms with Crippen molar-refractivity contribution in [3.8, 4) is 29.0 Å². The molecule has 1 aliphatic rings.